The van der Waals surface area contributed by atoms with Gasteiger partial charge in [-0.15, -0.1) is 11.3 Å². The third-order valence-corrected chi connectivity index (χ3v) is 3.84. The summed E-state index contributed by atoms with van der Waals surface area (Å²) in [5.41, 5.74) is 8.11. The molecule has 0 radical (unpaired) electrons. The standard InChI is InChI=1S/C14H8FN3S/c15-10-2-4-12-13(6-10)19-14(18-12)8-1-3-11(17)9(5-8)7-16/h1-6H,17H2. The Labute approximate surface area is 112 Å². The minimum Gasteiger partial charge on any atom is -0.398 e. The molecule has 0 fully saturated rings. The molecular formula is C14H8FN3S. The van der Waals surface area contributed by atoms with E-state index < -0.39 is 0 Å². The number of aromatic nitrogens is 1. The van der Waals surface area contributed by atoms with Crippen molar-refractivity contribution in [3.05, 3.63) is 47.8 Å². The first kappa shape index (κ1) is 11.6. The molecule has 3 rings (SSSR count). The van der Waals surface area contributed by atoms with Gasteiger partial charge in [-0.1, -0.05) is 0 Å². The molecule has 0 aliphatic rings. The van der Waals surface area contributed by atoms with E-state index in [0.29, 0.717) is 11.3 Å². The molecule has 19 heavy (non-hydrogen) atoms. The van der Waals surface area contributed by atoms with Crippen molar-refractivity contribution in [1.29, 1.82) is 5.26 Å². The Morgan fingerprint density at radius 1 is 1.21 bits per heavy atom. The van der Waals surface area contributed by atoms with Crippen molar-refractivity contribution in [1.82, 2.24) is 4.98 Å². The molecule has 2 N–H and O–H groups in total. The van der Waals surface area contributed by atoms with Crippen LogP contribution in [0.5, 0.6) is 0 Å². The van der Waals surface area contributed by atoms with Gasteiger partial charge in [0.15, 0.2) is 0 Å². The molecule has 0 aliphatic carbocycles. The second-order valence-electron chi connectivity index (χ2n) is 4.04. The van der Waals surface area contributed by atoms with E-state index in [0.717, 1.165) is 20.8 Å². The second-order valence-corrected chi connectivity index (χ2v) is 5.08. The van der Waals surface area contributed by atoms with Crippen LogP contribution in [0.3, 0.4) is 0 Å². The Bertz CT molecular complexity index is 817. The van der Waals surface area contributed by atoms with Crippen LogP contribution in [0.4, 0.5) is 10.1 Å². The van der Waals surface area contributed by atoms with Crippen LogP contribution in [-0.4, -0.2) is 4.98 Å². The number of nitriles is 1. The number of anilines is 1. The lowest BCUT2D eigenvalue weighted by molar-refractivity contribution is 0.630. The maximum atomic E-state index is 13.1. The van der Waals surface area contributed by atoms with E-state index in [9.17, 15) is 4.39 Å². The second kappa shape index (κ2) is 4.34. The summed E-state index contributed by atoms with van der Waals surface area (Å²) in [4.78, 5) is 4.43. The minimum atomic E-state index is -0.280. The van der Waals surface area contributed by atoms with Gasteiger partial charge in [-0.05, 0) is 36.4 Å². The molecule has 0 amide bonds. The molecule has 0 spiro atoms. The van der Waals surface area contributed by atoms with E-state index in [1.165, 1.54) is 23.5 Å². The molecule has 0 bridgehead atoms. The van der Waals surface area contributed by atoms with Gasteiger partial charge in [0.1, 0.15) is 16.9 Å². The highest BCUT2D eigenvalue weighted by molar-refractivity contribution is 7.21. The summed E-state index contributed by atoms with van der Waals surface area (Å²) in [6.45, 7) is 0. The molecule has 1 heterocycles. The van der Waals surface area contributed by atoms with Crippen LogP contribution in [0.1, 0.15) is 5.56 Å². The molecule has 0 saturated heterocycles. The van der Waals surface area contributed by atoms with Crippen molar-refractivity contribution in [3.8, 4) is 16.6 Å². The highest BCUT2D eigenvalue weighted by Crippen LogP contribution is 2.31. The van der Waals surface area contributed by atoms with Gasteiger partial charge in [-0.3, -0.25) is 0 Å². The van der Waals surface area contributed by atoms with E-state index in [2.05, 4.69) is 4.98 Å². The van der Waals surface area contributed by atoms with Gasteiger partial charge in [0.05, 0.1) is 15.8 Å². The van der Waals surface area contributed by atoms with Crippen LogP contribution < -0.4 is 5.73 Å². The van der Waals surface area contributed by atoms with Gasteiger partial charge < -0.3 is 5.73 Å². The highest BCUT2D eigenvalue weighted by atomic mass is 32.1. The summed E-state index contributed by atoms with van der Waals surface area (Å²) in [5, 5.41) is 9.72. The summed E-state index contributed by atoms with van der Waals surface area (Å²) in [6, 6.07) is 11.7. The lowest BCUT2D eigenvalue weighted by atomic mass is 10.1. The molecule has 3 aromatic rings. The molecule has 0 atom stereocenters. The Morgan fingerprint density at radius 3 is 2.84 bits per heavy atom. The maximum absolute atomic E-state index is 13.1. The molecule has 0 unspecified atom stereocenters. The fourth-order valence-corrected chi connectivity index (χ4v) is 2.79. The molecule has 0 saturated carbocycles. The molecule has 5 heteroatoms. The van der Waals surface area contributed by atoms with Gasteiger partial charge in [0, 0.05) is 11.3 Å². The quantitative estimate of drug-likeness (QED) is 0.687. The van der Waals surface area contributed by atoms with Crippen molar-refractivity contribution < 1.29 is 4.39 Å². The number of thiazole rings is 1. The highest BCUT2D eigenvalue weighted by Gasteiger charge is 2.09. The smallest absolute Gasteiger partial charge is 0.124 e. The number of halogens is 1. The summed E-state index contributed by atoms with van der Waals surface area (Å²) >= 11 is 1.39. The fourth-order valence-electron chi connectivity index (χ4n) is 1.81. The lowest BCUT2D eigenvalue weighted by Crippen LogP contribution is -1.90. The van der Waals surface area contributed by atoms with Gasteiger partial charge in [0.2, 0.25) is 0 Å². The van der Waals surface area contributed by atoms with E-state index in [4.69, 9.17) is 11.0 Å². The van der Waals surface area contributed by atoms with E-state index in [1.807, 2.05) is 12.1 Å². The first-order valence-electron chi connectivity index (χ1n) is 5.53. The SMILES string of the molecule is N#Cc1cc(-c2nc3ccc(F)cc3s2)ccc1N. The molecule has 0 aliphatic heterocycles. The van der Waals surface area contributed by atoms with Gasteiger partial charge in [-0.25, -0.2) is 9.37 Å². The van der Waals surface area contributed by atoms with Crippen molar-refractivity contribution >= 4 is 27.2 Å². The monoisotopic (exact) mass is 269 g/mol. The van der Waals surface area contributed by atoms with Crippen LogP contribution in [-0.2, 0) is 0 Å². The number of nitrogen functional groups attached to an aromatic ring is 1. The minimum absolute atomic E-state index is 0.280. The third kappa shape index (κ3) is 2.02. The van der Waals surface area contributed by atoms with Crippen molar-refractivity contribution in [2.24, 2.45) is 0 Å². The van der Waals surface area contributed by atoms with Crippen LogP contribution in [0.15, 0.2) is 36.4 Å². The number of fused-ring (bicyclic) bond motifs is 1. The van der Waals surface area contributed by atoms with Gasteiger partial charge in [0.25, 0.3) is 0 Å². The topological polar surface area (TPSA) is 62.7 Å². The molecule has 92 valence electrons. The zero-order valence-electron chi connectivity index (χ0n) is 9.72. The maximum Gasteiger partial charge on any atom is 0.124 e. The molecule has 3 nitrogen and oxygen atoms in total. The Morgan fingerprint density at radius 2 is 2.05 bits per heavy atom. The van der Waals surface area contributed by atoms with Crippen LogP contribution in [0, 0.1) is 17.1 Å². The predicted octanol–water partition coefficient (Wildman–Crippen LogP) is 3.56. The Kier molecular flexibility index (Phi) is 2.65. The number of nitrogens with zero attached hydrogens (tertiary/aromatic N) is 2. The molecular weight excluding hydrogens is 261 g/mol. The Hall–Kier alpha value is -2.45. The average Bonchev–Trinajstić information content (AvgIpc) is 2.82. The number of nitrogens with two attached hydrogens (primary N) is 1. The zero-order chi connectivity index (χ0) is 13.4. The average molecular weight is 269 g/mol. The first-order chi connectivity index (χ1) is 9.17. The van der Waals surface area contributed by atoms with E-state index in [1.54, 1.807) is 18.2 Å². The zero-order valence-corrected chi connectivity index (χ0v) is 10.5. The normalized spacial score (nSPS) is 10.5. The largest absolute Gasteiger partial charge is 0.398 e. The fraction of sp³-hybridized carbons (Fsp3) is 0. The number of hydrogen-bond donors (Lipinski definition) is 1. The van der Waals surface area contributed by atoms with Gasteiger partial charge in [-0.2, -0.15) is 5.26 Å². The van der Waals surface area contributed by atoms with E-state index >= 15 is 0 Å². The summed E-state index contributed by atoms with van der Waals surface area (Å²) < 4.78 is 13.9. The van der Waals surface area contributed by atoms with Crippen LogP contribution in [0.2, 0.25) is 0 Å². The number of hydrogen-bond acceptors (Lipinski definition) is 4. The van der Waals surface area contributed by atoms with Crippen LogP contribution in [0.25, 0.3) is 20.8 Å². The van der Waals surface area contributed by atoms with Crippen molar-refractivity contribution in [3.63, 3.8) is 0 Å². The molecule has 1 aromatic heterocycles. The van der Waals surface area contributed by atoms with Crippen molar-refractivity contribution in [2.45, 2.75) is 0 Å². The van der Waals surface area contributed by atoms with E-state index in [-0.39, 0.29) is 5.82 Å². The van der Waals surface area contributed by atoms with Gasteiger partial charge >= 0.3 is 0 Å². The molecule has 2 aromatic carbocycles. The Balaban J connectivity index is 2.16. The lowest BCUT2D eigenvalue weighted by Gasteiger charge is -1.99. The third-order valence-electron chi connectivity index (χ3n) is 2.77. The summed E-state index contributed by atoms with van der Waals surface area (Å²) in [6.07, 6.45) is 0. The van der Waals surface area contributed by atoms with Crippen molar-refractivity contribution in [2.75, 3.05) is 5.73 Å². The number of rotatable bonds is 1. The van der Waals surface area contributed by atoms with Crippen LogP contribution >= 0.6 is 11.3 Å². The number of benzene rings is 2. The first-order valence-corrected chi connectivity index (χ1v) is 6.35. The summed E-state index contributed by atoms with van der Waals surface area (Å²) in [7, 11) is 0. The summed E-state index contributed by atoms with van der Waals surface area (Å²) in [5.74, 6) is -0.280. The predicted molar refractivity (Wildman–Crippen MR) is 74.1 cm³/mol.